The summed E-state index contributed by atoms with van der Waals surface area (Å²) in [5, 5.41) is 43.7. The van der Waals surface area contributed by atoms with Gasteiger partial charge in [0.1, 0.15) is 12.2 Å². The molecule has 6 nitrogen and oxygen atoms in total. The van der Waals surface area contributed by atoms with Gasteiger partial charge < -0.3 is 25.7 Å². The molecule has 1 amide bonds. The summed E-state index contributed by atoms with van der Waals surface area (Å²) in [6, 6.07) is -1.00. The van der Waals surface area contributed by atoms with Gasteiger partial charge in [0.25, 0.3) is 0 Å². The molecule has 0 saturated heterocycles. The molecule has 0 heterocycles. The monoisotopic (exact) mass is 762 g/mol. The van der Waals surface area contributed by atoms with Crippen molar-refractivity contribution in [3.8, 4) is 0 Å². The van der Waals surface area contributed by atoms with E-state index >= 15 is 0 Å². The fraction of sp³-hybridized carbons (Fsp3) is 0.854. The molecule has 0 aromatic rings. The van der Waals surface area contributed by atoms with Crippen LogP contribution in [0.25, 0.3) is 0 Å². The Hall–Kier alpha value is -1.47. The number of rotatable bonds is 42. The zero-order valence-electron chi connectivity index (χ0n) is 35.7. The molecule has 0 saturated carbocycles. The van der Waals surface area contributed by atoms with Crippen LogP contribution in [0.4, 0.5) is 0 Å². The lowest BCUT2D eigenvalue weighted by molar-refractivity contribution is -0.132. The summed E-state index contributed by atoms with van der Waals surface area (Å²) in [7, 11) is 0. The second-order valence-electron chi connectivity index (χ2n) is 16.1. The highest BCUT2D eigenvalue weighted by molar-refractivity contribution is 5.80. The lowest BCUT2D eigenvalue weighted by atomic mass is 10.00. The highest BCUT2D eigenvalue weighted by Gasteiger charge is 2.28. The standard InChI is InChI=1S/C48H91NO5/c1-3-5-7-9-11-13-15-17-19-21-23-24-26-28-30-32-34-36-38-40-42-46(52)48(54)49-44(43-50)47(53)45(51)41-39-37-35-33-31-29-27-25-22-20-18-16-14-12-10-8-6-4-2/h5,7,11,13,33,35,44-47,50-53H,3-4,6,8-10,12,14-32,34,36-43H2,1-2H3,(H,49,54)/b7-5-,13-11-,35-33+. The van der Waals surface area contributed by atoms with Gasteiger partial charge in [-0.3, -0.25) is 4.79 Å². The Morgan fingerprint density at radius 3 is 1.31 bits per heavy atom. The second-order valence-corrected chi connectivity index (χ2v) is 16.1. The fourth-order valence-corrected chi connectivity index (χ4v) is 7.15. The number of carbonyl (C=O) groups is 1. The van der Waals surface area contributed by atoms with Crippen molar-refractivity contribution in [1.82, 2.24) is 5.32 Å². The average molecular weight is 762 g/mol. The number of nitrogens with one attached hydrogen (secondary N) is 1. The molecule has 0 radical (unpaired) electrons. The van der Waals surface area contributed by atoms with Crippen molar-refractivity contribution < 1.29 is 25.2 Å². The van der Waals surface area contributed by atoms with Crippen LogP contribution in [0.15, 0.2) is 36.5 Å². The summed E-state index contributed by atoms with van der Waals surface area (Å²) in [5.41, 5.74) is 0. The summed E-state index contributed by atoms with van der Waals surface area (Å²) in [6.45, 7) is 3.95. The molecule has 4 atom stereocenters. The van der Waals surface area contributed by atoms with E-state index in [1.165, 1.54) is 154 Å². The predicted molar refractivity (Wildman–Crippen MR) is 233 cm³/mol. The minimum Gasteiger partial charge on any atom is -0.394 e. The summed E-state index contributed by atoms with van der Waals surface area (Å²) < 4.78 is 0. The summed E-state index contributed by atoms with van der Waals surface area (Å²) in [6.07, 6.45) is 50.4. The van der Waals surface area contributed by atoms with Crippen LogP contribution in [-0.4, -0.2) is 57.3 Å². The van der Waals surface area contributed by atoms with E-state index < -0.39 is 36.9 Å². The number of hydrogen-bond donors (Lipinski definition) is 5. The summed E-state index contributed by atoms with van der Waals surface area (Å²) in [4.78, 5) is 12.5. The van der Waals surface area contributed by atoms with Crippen molar-refractivity contribution >= 4 is 5.91 Å². The maximum atomic E-state index is 12.5. The van der Waals surface area contributed by atoms with Gasteiger partial charge in [-0.25, -0.2) is 0 Å². The molecule has 0 rings (SSSR count). The van der Waals surface area contributed by atoms with Crippen molar-refractivity contribution in [2.45, 2.75) is 257 Å². The molecule has 0 aromatic carbocycles. The van der Waals surface area contributed by atoms with E-state index in [4.69, 9.17) is 0 Å². The van der Waals surface area contributed by atoms with Gasteiger partial charge in [0, 0.05) is 0 Å². The first kappa shape index (κ1) is 52.5. The zero-order valence-corrected chi connectivity index (χ0v) is 35.7. The van der Waals surface area contributed by atoms with E-state index in [2.05, 4.69) is 55.6 Å². The van der Waals surface area contributed by atoms with Gasteiger partial charge in [-0.2, -0.15) is 0 Å². The van der Waals surface area contributed by atoms with Crippen molar-refractivity contribution in [3.63, 3.8) is 0 Å². The first-order valence-corrected chi connectivity index (χ1v) is 23.4. The van der Waals surface area contributed by atoms with Crippen LogP contribution in [0.2, 0.25) is 0 Å². The molecule has 6 heteroatoms. The molecule has 0 aliphatic rings. The molecule has 54 heavy (non-hydrogen) atoms. The molecule has 0 bridgehead atoms. The Morgan fingerprint density at radius 2 is 0.870 bits per heavy atom. The lowest BCUT2D eigenvalue weighted by Crippen LogP contribution is -2.53. The number of aliphatic hydroxyl groups excluding tert-OH is 4. The van der Waals surface area contributed by atoms with E-state index in [1.54, 1.807) is 0 Å². The second kappa shape index (κ2) is 42.7. The van der Waals surface area contributed by atoms with Crippen molar-refractivity contribution in [3.05, 3.63) is 36.5 Å². The Balaban J connectivity index is 3.73. The zero-order chi connectivity index (χ0) is 39.6. The molecule has 0 spiro atoms. The molecule has 5 N–H and O–H groups in total. The van der Waals surface area contributed by atoms with E-state index in [0.29, 0.717) is 12.8 Å². The lowest BCUT2D eigenvalue weighted by Gasteiger charge is -2.27. The van der Waals surface area contributed by atoms with Crippen molar-refractivity contribution in [1.29, 1.82) is 0 Å². The minimum atomic E-state index is -1.28. The van der Waals surface area contributed by atoms with Crippen molar-refractivity contribution in [2.75, 3.05) is 6.61 Å². The van der Waals surface area contributed by atoms with E-state index in [1.807, 2.05) is 0 Å². The Bertz CT molecular complexity index is 858. The topological polar surface area (TPSA) is 110 Å². The fourth-order valence-electron chi connectivity index (χ4n) is 7.15. The van der Waals surface area contributed by atoms with Crippen LogP contribution >= 0.6 is 0 Å². The smallest absolute Gasteiger partial charge is 0.249 e. The Morgan fingerprint density at radius 1 is 0.481 bits per heavy atom. The molecule has 0 aliphatic carbocycles. The number of aliphatic hydroxyl groups is 4. The molecule has 0 aromatic heterocycles. The number of amides is 1. The number of carbonyl (C=O) groups excluding carboxylic acids is 1. The first-order valence-electron chi connectivity index (χ1n) is 23.4. The van der Waals surface area contributed by atoms with E-state index in [0.717, 1.165) is 51.4 Å². The summed E-state index contributed by atoms with van der Waals surface area (Å²) in [5.74, 6) is -0.594. The van der Waals surface area contributed by atoms with Crippen molar-refractivity contribution in [2.24, 2.45) is 0 Å². The quantitative estimate of drug-likeness (QED) is 0.0314. The van der Waals surface area contributed by atoms with E-state index in [9.17, 15) is 25.2 Å². The third-order valence-electron chi connectivity index (χ3n) is 10.8. The molecule has 0 fully saturated rings. The Kier molecular flexibility index (Phi) is 41.5. The van der Waals surface area contributed by atoms with E-state index in [-0.39, 0.29) is 0 Å². The largest absolute Gasteiger partial charge is 0.394 e. The summed E-state index contributed by atoms with van der Waals surface area (Å²) >= 11 is 0. The van der Waals surface area contributed by atoms with Crippen LogP contribution in [0.3, 0.4) is 0 Å². The highest BCUT2D eigenvalue weighted by Crippen LogP contribution is 2.16. The average Bonchev–Trinajstić information content (AvgIpc) is 3.18. The van der Waals surface area contributed by atoms with Gasteiger partial charge in [-0.15, -0.1) is 0 Å². The highest BCUT2D eigenvalue weighted by atomic mass is 16.3. The van der Waals surface area contributed by atoms with Gasteiger partial charge in [-0.05, 0) is 64.2 Å². The van der Waals surface area contributed by atoms with Crippen LogP contribution in [0.1, 0.15) is 232 Å². The molecule has 318 valence electrons. The van der Waals surface area contributed by atoms with Gasteiger partial charge in [-0.1, -0.05) is 204 Å². The SMILES string of the molecule is CC/C=C\C/C=C\CCCCCCCCCCCCCCCC(O)C(=O)NC(CO)C(O)C(O)CCC/C=C/CCCCCCCCCCCCCCC. The third-order valence-corrected chi connectivity index (χ3v) is 10.8. The van der Waals surface area contributed by atoms with Crippen LogP contribution < -0.4 is 5.32 Å². The van der Waals surface area contributed by atoms with Crippen LogP contribution in [0.5, 0.6) is 0 Å². The Labute approximate surface area is 335 Å². The van der Waals surface area contributed by atoms with Gasteiger partial charge in [0.05, 0.1) is 18.8 Å². The maximum absolute atomic E-state index is 12.5. The molecule has 4 unspecified atom stereocenters. The van der Waals surface area contributed by atoms with Crippen LogP contribution in [0, 0.1) is 0 Å². The number of unbranched alkanes of at least 4 members (excludes halogenated alkanes) is 27. The van der Waals surface area contributed by atoms with Crippen LogP contribution in [-0.2, 0) is 4.79 Å². The molecule has 0 aliphatic heterocycles. The minimum absolute atomic E-state index is 0.362. The molecular weight excluding hydrogens is 671 g/mol. The maximum Gasteiger partial charge on any atom is 0.249 e. The number of hydrogen-bond acceptors (Lipinski definition) is 5. The number of allylic oxidation sites excluding steroid dienone is 6. The van der Waals surface area contributed by atoms with Gasteiger partial charge in [0.15, 0.2) is 0 Å². The van der Waals surface area contributed by atoms with Gasteiger partial charge >= 0.3 is 0 Å². The van der Waals surface area contributed by atoms with Gasteiger partial charge in [0.2, 0.25) is 5.91 Å². The molecular formula is C48H91NO5. The predicted octanol–water partition coefficient (Wildman–Crippen LogP) is 12.5. The first-order chi connectivity index (χ1) is 26.5. The normalized spacial score (nSPS) is 14.4. The third kappa shape index (κ3) is 36.2.